The number of carbonyl (C=O) groups excluding carboxylic acids is 1. The molecule has 3 heteroatoms. The van der Waals surface area contributed by atoms with Gasteiger partial charge in [-0.1, -0.05) is 0 Å². The standard InChI is InChI=1S/C12H16N2O/c1-8-7-11(13)9(2)6-10(8)12(15)14-4-3-5-14/h6-7H,3-5,13H2,1-2H3. The molecule has 1 aliphatic rings. The van der Waals surface area contributed by atoms with Crippen molar-refractivity contribution in [3.8, 4) is 0 Å². The van der Waals surface area contributed by atoms with E-state index in [1.54, 1.807) is 0 Å². The highest BCUT2D eigenvalue weighted by molar-refractivity contribution is 5.96. The summed E-state index contributed by atoms with van der Waals surface area (Å²) in [6.45, 7) is 5.65. The van der Waals surface area contributed by atoms with Crippen LogP contribution in [-0.4, -0.2) is 23.9 Å². The zero-order chi connectivity index (χ0) is 11.0. The maximum atomic E-state index is 12.0. The third kappa shape index (κ3) is 1.69. The van der Waals surface area contributed by atoms with E-state index in [0.29, 0.717) is 0 Å². The Morgan fingerprint density at radius 2 is 1.93 bits per heavy atom. The van der Waals surface area contributed by atoms with Gasteiger partial charge in [0.25, 0.3) is 5.91 Å². The van der Waals surface area contributed by atoms with Gasteiger partial charge in [0.05, 0.1) is 0 Å². The first kappa shape index (κ1) is 10.0. The zero-order valence-corrected chi connectivity index (χ0v) is 9.21. The van der Waals surface area contributed by atoms with Crippen molar-refractivity contribution in [2.45, 2.75) is 20.3 Å². The van der Waals surface area contributed by atoms with E-state index >= 15 is 0 Å². The highest BCUT2D eigenvalue weighted by Gasteiger charge is 2.23. The van der Waals surface area contributed by atoms with E-state index in [1.807, 2.05) is 30.9 Å². The maximum absolute atomic E-state index is 12.0. The van der Waals surface area contributed by atoms with Gasteiger partial charge < -0.3 is 10.6 Å². The van der Waals surface area contributed by atoms with Gasteiger partial charge in [-0.3, -0.25) is 4.79 Å². The number of nitrogens with two attached hydrogens (primary N) is 1. The second-order valence-electron chi connectivity index (χ2n) is 4.17. The highest BCUT2D eigenvalue weighted by atomic mass is 16.2. The van der Waals surface area contributed by atoms with Crippen LogP contribution in [0, 0.1) is 13.8 Å². The smallest absolute Gasteiger partial charge is 0.254 e. The van der Waals surface area contributed by atoms with Crippen LogP contribution >= 0.6 is 0 Å². The molecule has 1 aliphatic heterocycles. The lowest BCUT2D eigenvalue weighted by Gasteiger charge is -2.31. The molecule has 1 aromatic rings. The number of nitrogens with zero attached hydrogens (tertiary/aromatic N) is 1. The minimum Gasteiger partial charge on any atom is -0.399 e. The molecule has 1 aromatic carbocycles. The molecule has 0 bridgehead atoms. The molecule has 1 heterocycles. The van der Waals surface area contributed by atoms with Gasteiger partial charge in [-0.25, -0.2) is 0 Å². The summed E-state index contributed by atoms with van der Waals surface area (Å²) in [6, 6.07) is 3.77. The van der Waals surface area contributed by atoms with Crippen LogP contribution in [0.2, 0.25) is 0 Å². The van der Waals surface area contributed by atoms with Gasteiger partial charge >= 0.3 is 0 Å². The lowest BCUT2D eigenvalue weighted by atomic mass is 10.0. The molecule has 1 fully saturated rings. The largest absolute Gasteiger partial charge is 0.399 e. The predicted molar refractivity (Wildman–Crippen MR) is 60.8 cm³/mol. The molecule has 0 atom stereocenters. The molecular weight excluding hydrogens is 188 g/mol. The summed E-state index contributed by atoms with van der Waals surface area (Å²) in [7, 11) is 0. The van der Waals surface area contributed by atoms with Gasteiger partial charge in [0.15, 0.2) is 0 Å². The second kappa shape index (κ2) is 3.57. The third-order valence-corrected chi connectivity index (χ3v) is 2.99. The fourth-order valence-corrected chi connectivity index (χ4v) is 1.76. The summed E-state index contributed by atoms with van der Waals surface area (Å²) in [4.78, 5) is 13.9. The fourth-order valence-electron chi connectivity index (χ4n) is 1.76. The lowest BCUT2D eigenvalue weighted by molar-refractivity contribution is 0.0651. The molecule has 2 N–H and O–H groups in total. The fraction of sp³-hybridized carbons (Fsp3) is 0.417. The molecule has 15 heavy (non-hydrogen) atoms. The second-order valence-corrected chi connectivity index (χ2v) is 4.17. The van der Waals surface area contributed by atoms with E-state index in [-0.39, 0.29) is 5.91 Å². The summed E-state index contributed by atoms with van der Waals surface area (Å²) in [5.41, 5.74) is 9.28. The van der Waals surface area contributed by atoms with Crippen molar-refractivity contribution in [3.05, 3.63) is 28.8 Å². The number of likely N-dealkylation sites (tertiary alicyclic amines) is 1. The molecular formula is C12H16N2O. The number of aryl methyl sites for hydroxylation is 2. The van der Waals surface area contributed by atoms with Gasteiger partial charge in [-0.05, 0) is 43.5 Å². The average Bonchev–Trinajstić information content (AvgIpc) is 2.08. The maximum Gasteiger partial charge on any atom is 0.254 e. The Balaban J connectivity index is 2.34. The first-order valence-corrected chi connectivity index (χ1v) is 5.25. The van der Waals surface area contributed by atoms with Crippen molar-refractivity contribution in [3.63, 3.8) is 0 Å². The van der Waals surface area contributed by atoms with Crippen LogP contribution in [0.1, 0.15) is 27.9 Å². The summed E-state index contributed by atoms with van der Waals surface area (Å²) in [5, 5.41) is 0. The van der Waals surface area contributed by atoms with Gasteiger partial charge in [0, 0.05) is 24.3 Å². The molecule has 0 saturated carbocycles. The van der Waals surface area contributed by atoms with Crippen LogP contribution in [0.5, 0.6) is 0 Å². The number of carbonyl (C=O) groups is 1. The topological polar surface area (TPSA) is 46.3 Å². The summed E-state index contributed by atoms with van der Waals surface area (Å²) in [6.07, 6.45) is 1.12. The average molecular weight is 204 g/mol. The zero-order valence-electron chi connectivity index (χ0n) is 9.21. The van der Waals surface area contributed by atoms with Gasteiger partial charge in [0.1, 0.15) is 0 Å². The summed E-state index contributed by atoms with van der Waals surface area (Å²) >= 11 is 0. The SMILES string of the molecule is Cc1cc(C(=O)N2CCC2)c(C)cc1N. The van der Waals surface area contributed by atoms with Crippen LogP contribution in [-0.2, 0) is 0 Å². The molecule has 1 amide bonds. The number of hydrogen-bond acceptors (Lipinski definition) is 2. The van der Waals surface area contributed by atoms with E-state index in [9.17, 15) is 4.79 Å². The lowest BCUT2D eigenvalue weighted by Crippen LogP contribution is -2.42. The Bertz CT molecular complexity index is 408. The van der Waals surface area contributed by atoms with Gasteiger partial charge in [-0.15, -0.1) is 0 Å². The molecule has 3 nitrogen and oxygen atoms in total. The minimum absolute atomic E-state index is 0.141. The first-order chi connectivity index (χ1) is 7.09. The predicted octanol–water partition coefficient (Wildman–Crippen LogP) is 1.73. The quantitative estimate of drug-likeness (QED) is 0.708. The number of rotatable bonds is 1. The van der Waals surface area contributed by atoms with Crippen molar-refractivity contribution in [1.29, 1.82) is 0 Å². The van der Waals surface area contributed by atoms with E-state index < -0.39 is 0 Å². The van der Waals surface area contributed by atoms with Gasteiger partial charge in [-0.2, -0.15) is 0 Å². The van der Waals surface area contributed by atoms with Crippen LogP contribution in [0.25, 0.3) is 0 Å². The van der Waals surface area contributed by atoms with Crippen LogP contribution in [0.4, 0.5) is 5.69 Å². The Labute approximate surface area is 89.9 Å². The van der Waals surface area contributed by atoms with E-state index in [0.717, 1.165) is 41.9 Å². The van der Waals surface area contributed by atoms with Crippen molar-refractivity contribution >= 4 is 11.6 Å². The number of amides is 1. The van der Waals surface area contributed by atoms with Crippen molar-refractivity contribution in [2.24, 2.45) is 0 Å². The number of anilines is 1. The minimum atomic E-state index is 0.141. The van der Waals surface area contributed by atoms with E-state index in [2.05, 4.69) is 0 Å². The van der Waals surface area contributed by atoms with Crippen LogP contribution in [0.3, 0.4) is 0 Å². The summed E-state index contributed by atoms with van der Waals surface area (Å²) < 4.78 is 0. The molecule has 80 valence electrons. The molecule has 2 rings (SSSR count). The number of nitrogen functional groups attached to an aromatic ring is 1. The van der Waals surface area contributed by atoms with Gasteiger partial charge in [0.2, 0.25) is 0 Å². The molecule has 0 radical (unpaired) electrons. The third-order valence-electron chi connectivity index (χ3n) is 2.99. The number of benzene rings is 1. The Morgan fingerprint density at radius 1 is 1.27 bits per heavy atom. The molecule has 0 aromatic heterocycles. The first-order valence-electron chi connectivity index (χ1n) is 5.25. The van der Waals surface area contributed by atoms with Crippen molar-refractivity contribution in [2.75, 3.05) is 18.8 Å². The molecule has 1 saturated heterocycles. The van der Waals surface area contributed by atoms with E-state index in [1.165, 1.54) is 0 Å². The molecule has 0 spiro atoms. The highest BCUT2D eigenvalue weighted by Crippen LogP contribution is 2.21. The summed E-state index contributed by atoms with van der Waals surface area (Å²) in [5.74, 6) is 0.141. The molecule has 0 aliphatic carbocycles. The van der Waals surface area contributed by atoms with Crippen molar-refractivity contribution in [1.82, 2.24) is 4.90 Å². The van der Waals surface area contributed by atoms with E-state index in [4.69, 9.17) is 5.73 Å². The monoisotopic (exact) mass is 204 g/mol. The molecule has 0 unspecified atom stereocenters. The number of hydrogen-bond donors (Lipinski definition) is 1. The van der Waals surface area contributed by atoms with Crippen LogP contribution in [0.15, 0.2) is 12.1 Å². The Hall–Kier alpha value is -1.51. The Morgan fingerprint density at radius 3 is 2.47 bits per heavy atom. The Kier molecular flexibility index (Phi) is 2.39. The normalized spacial score (nSPS) is 14.9. The van der Waals surface area contributed by atoms with Crippen molar-refractivity contribution < 1.29 is 4.79 Å². The van der Waals surface area contributed by atoms with Crippen LogP contribution < -0.4 is 5.73 Å².